The van der Waals surface area contributed by atoms with Crippen LogP contribution in [0.15, 0.2) is 18.5 Å². The zero-order chi connectivity index (χ0) is 10.7. The van der Waals surface area contributed by atoms with E-state index < -0.39 is 0 Å². The molecule has 1 aliphatic heterocycles. The Labute approximate surface area is 87.9 Å². The van der Waals surface area contributed by atoms with E-state index in [1.807, 2.05) is 6.92 Å². The average molecular weight is 207 g/mol. The lowest BCUT2D eigenvalue weighted by molar-refractivity contribution is 0.212. The number of nitrogens with one attached hydrogen (secondary N) is 1. The molecule has 0 aromatic carbocycles. The van der Waals surface area contributed by atoms with Crippen LogP contribution < -0.4 is 10.3 Å². The lowest BCUT2D eigenvalue weighted by atomic mass is 10.6. The van der Waals surface area contributed by atoms with E-state index in [0.29, 0.717) is 25.6 Å². The normalized spacial score (nSPS) is 15.3. The van der Waals surface area contributed by atoms with Crippen LogP contribution in [0.4, 0.5) is 10.7 Å². The highest BCUT2D eigenvalue weighted by Gasteiger charge is 2.26. The van der Waals surface area contributed by atoms with Crippen molar-refractivity contribution in [2.24, 2.45) is 0 Å². The number of rotatable bonds is 3. The number of hydrogen-bond donors (Lipinski definition) is 1. The highest BCUT2D eigenvalue weighted by molar-refractivity contribution is 5.77. The molecule has 15 heavy (non-hydrogen) atoms. The van der Waals surface area contributed by atoms with Crippen LogP contribution in [0.25, 0.3) is 0 Å². The van der Waals surface area contributed by atoms with Gasteiger partial charge in [0.1, 0.15) is 0 Å². The van der Waals surface area contributed by atoms with E-state index >= 15 is 0 Å². The number of hydrogen-bond acceptors (Lipinski definition) is 4. The third-order valence-corrected chi connectivity index (χ3v) is 2.21. The van der Waals surface area contributed by atoms with Crippen LogP contribution in [0, 0.1) is 0 Å². The van der Waals surface area contributed by atoms with Crippen LogP contribution in [-0.2, 0) is 0 Å². The summed E-state index contributed by atoms with van der Waals surface area (Å²) in [6, 6.07) is 1.66. The summed E-state index contributed by atoms with van der Waals surface area (Å²) in [5.41, 5.74) is 0. The Morgan fingerprint density at radius 2 is 2.27 bits per heavy atom. The molecule has 0 atom stereocenters. The highest BCUT2D eigenvalue weighted by atomic mass is 16.2. The molecule has 1 aromatic heterocycles. The van der Waals surface area contributed by atoms with Crippen molar-refractivity contribution in [2.75, 3.05) is 24.6 Å². The minimum absolute atomic E-state index is 0.0932. The summed E-state index contributed by atoms with van der Waals surface area (Å²) >= 11 is 0. The molecule has 6 nitrogen and oxygen atoms in total. The topological polar surface area (TPSA) is 61.4 Å². The van der Waals surface area contributed by atoms with Gasteiger partial charge in [-0.1, -0.05) is 0 Å². The average Bonchev–Trinajstić information content (AvgIpc) is 2.68. The SMILES string of the molecule is CCN(c1ncccn1)N1CCNC1=O. The van der Waals surface area contributed by atoms with Crippen molar-refractivity contribution in [1.29, 1.82) is 0 Å². The second-order valence-electron chi connectivity index (χ2n) is 3.12. The van der Waals surface area contributed by atoms with E-state index in [1.54, 1.807) is 28.5 Å². The molecule has 0 bridgehead atoms. The number of carbonyl (C=O) groups excluding carboxylic acids is 1. The van der Waals surface area contributed by atoms with Crippen LogP contribution in [0.5, 0.6) is 0 Å². The Morgan fingerprint density at radius 3 is 2.80 bits per heavy atom. The van der Waals surface area contributed by atoms with E-state index in [9.17, 15) is 4.79 Å². The van der Waals surface area contributed by atoms with Gasteiger partial charge < -0.3 is 5.32 Å². The second kappa shape index (κ2) is 4.12. The molecule has 2 amide bonds. The summed E-state index contributed by atoms with van der Waals surface area (Å²) in [5.74, 6) is 0.553. The van der Waals surface area contributed by atoms with Gasteiger partial charge in [0.2, 0.25) is 5.95 Å². The van der Waals surface area contributed by atoms with Gasteiger partial charge >= 0.3 is 6.03 Å². The van der Waals surface area contributed by atoms with Gasteiger partial charge in [0.05, 0.1) is 6.54 Å². The van der Waals surface area contributed by atoms with Gasteiger partial charge in [0.25, 0.3) is 0 Å². The van der Waals surface area contributed by atoms with Gasteiger partial charge in [-0.15, -0.1) is 0 Å². The first-order valence-corrected chi connectivity index (χ1v) is 4.92. The number of anilines is 1. The van der Waals surface area contributed by atoms with Crippen molar-refractivity contribution in [3.8, 4) is 0 Å². The third kappa shape index (κ3) is 1.83. The molecule has 2 rings (SSSR count). The summed E-state index contributed by atoms with van der Waals surface area (Å²) in [5, 5.41) is 6.13. The lowest BCUT2D eigenvalue weighted by Gasteiger charge is -2.29. The van der Waals surface area contributed by atoms with Gasteiger partial charge in [-0.3, -0.25) is 0 Å². The fraction of sp³-hybridized carbons (Fsp3) is 0.444. The Kier molecular flexibility index (Phi) is 2.66. The van der Waals surface area contributed by atoms with E-state index in [4.69, 9.17) is 0 Å². The monoisotopic (exact) mass is 207 g/mol. The summed E-state index contributed by atoms with van der Waals surface area (Å²) in [6.07, 6.45) is 3.33. The minimum atomic E-state index is -0.0932. The van der Waals surface area contributed by atoms with E-state index in [-0.39, 0.29) is 6.03 Å². The second-order valence-corrected chi connectivity index (χ2v) is 3.12. The molecule has 1 aromatic rings. The van der Waals surface area contributed by atoms with Gasteiger partial charge in [-0.05, 0) is 13.0 Å². The van der Waals surface area contributed by atoms with Crippen molar-refractivity contribution in [1.82, 2.24) is 20.3 Å². The summed E-state index contributed by atoms with van der Waals surface area (Å²) in [6.45, 7) is 3.95. The molecule has 1 saturated heterocycles. The van der Waals surface area contributed by atoms with Crippen molar-refractivity contribution >= 4 is 12.0 Å². The molecule has 2 heterocycles. The maximum absolute atomic E-state index is 11.5. The highest BCUT2D eigenvalue weighted by Crippen LogP contribution is 2.10. The minimum Gasteiger partial charge on any atom is -0.335 e. The molecule has 0 aliphatic carbocycles. The standard InChI is InChI=1S/C9H13N5O/c1-2-13(8-10-4-3-5-11-8)14-7-6-12-9(14)15/h3-5H,2,6-7H2,1H3,(H,12,15). The smallest absolute Gasteiger partial charge is 0.335 e. The molecular formula is C9H13N5O. The van der Waals surface area contributed by atoms with Crippen molar-refractivity contribution in [3.63, 3.8) is 0 Å². The predicted octanol–water partition coefficient (Wildman–Crippen LogP) is 0.243. The molecule has 1 N–H and O–H groups in total. The largest absolute Gasteiger partial charge is 0.336 e. The molecule has 0 unspecified atom stereocenters. The first-order chi connectivity index (χ1) is 7.33. The Morgan fingerprint density at radius 1 is 1.53 bits per heavy atom. The molecule has 1 fully saturated rings. The van der Waals surface area contributed by atoms with Crippen molar-refractivity contribution in [3.05, 3.63) is 18.5 Å². The van der Waals surface area contributed by atoms with Crippen LogP contribution >= 0.6 is 0 Å². The van der Waals surface area contributed by atoms with Crippen molar-refractivity contribution < 1.29 is 4.79 Å². The van der Waals surface area contributed by atoms with E-state index in [0.717, 1.165) is 0 Å². The predicted molar refractivity (Wildman–Crippen MR) is 55.2 cm³/mol. The summed E-state index contributed by atoms with van der Waals surface area (Å²) < 4.78 is 0. The zero-order valence-corrected chi connectivity index (χ0v) is 8.55. The van der Waals surface area contributed by atoms with Gasteiger partial charge in [0, 0.05) is 25.5 Å². The Hall–Kier alpha value is -1.85. The van der Waals surface area contributed by atoms with Gasteiger partial charge in [-0.25, -0.2) is 24.8 Å². The maximum atomic E-state index is 11.5. The third-order valence-electron chi connectivity index (χ3n) is 2.21. The molecule has 0 radical (unpaired) electrons. The number of aromatic nitrogens is 2. The Bertz CT molecular complexity index is 342. The molecule has 1 aliphatic rings. The molecular weight excluding hydrogens is 194 g/mol. The summed E-state index contributed by atoms with van der Waals surface area (Å²) in [7, 11) is 0. The number of amides is 2. The lowest BCUT2D eigenvalue weighted by Crippen LogP contribution is -2.45. The molecule has 0 saturated carbocycles. The fourth-order valence-corrected chi connectivity index (χ4v) is 1.54. The Balaban J connectivity index is 2.20. The zero-order valence-electron chi connectivity index (χ0n) is 8.55. The molecule has 80 valence electrons. The maximum Gasteiger partial charge on any atom is 0.336 e. The van der Waals surface area contributed by atoms with Gasteiger partial charge in [-0.2, -0.15) is 0 Å². The number of urea groups is 1. The molecule has 0 spiro atoms. The van der Waals surface area contributed by atoms with Crippen LogP contribution in [0.2, 0.25) is 0 Å². The first-order valence-electron chi connectivity index (χ1n) is 4.92. The van der Waals surface area contributed by atoms with Crippen LogP contribution in [0.1, 0.15) is 6.92 Å². The van der Waals surface area contributed by atoms with Crippen LogP contribution in [-0.4, -0.2) is 40.6 Å². The number of hydrazine groups is 1. The van der Waals surface area contributed by atoms with Crippen molar-refractivity contribution in [2.45, 2.75) is 6.92 Å². The van der Waals surface area contributed by atoms with E-state index in [2.05, 4.69) is 15.3 Å². The van der Waals surface area contributed by atoms with Crippen LogP contribution in [0.3, 0.4) is 0 Å². The number of nitrogens with zero attached hydrogens (tertiary/aromatic N) is 4. The fourth-order valence-electron chi connectivity index (χ4n) is 1.54. The first kappa shape index (κ1) is 9.70. The van der Waals surface area contributed by atoms with E-state index in [1.165, 1.54) is 0 Å². The summed E-state index contributed by atoms with van der Waals surface area (Å²) in [4.78, 5) is 19.7. The molecule has 6 heteroatoms. The number of carbonyl (C=O) groups is 1. The quantitative estimate of drug-likeness (QED) is 0.771. The van der Waals surface area contributed by atoms with Gasteiger partial charge in [0.15, 0.2) is 0 Å².